The summed E-state index contributed by atoms with van der Waals surface area (Å²) in [6.45, 7) is 4.11. The van der Waals surface area contributed by atoms with Crippen LogP contribution in [0.1, 0.15) is 24.8 Å². The molecule has 1 aliphatic rings. The first kappa shape index (κ1) is 22.7. The molecule has 0 bridgehead atoms. The summed E-state index contributed by atoms with van der Waals surface area (Å²) < 4.78 is 1.07. The van der Waals surface area contributed by atoms with E-state index in [0.29, 0.717) is 25.4 Å². The van der Waals surface area contributed by atoms with Crippen molar-refractivity contribution in [2.24, 2.45) is 5.92 Å². The number of benzene rings is 2. The summed E-state index contributed by atoms with van der Waals surface area (Å²) in [5, 5.41) is 5.80. The van der Waals surface area contributed by atoms with Crippen LogP contribution in [0, 0.1) is 12.8 Å². The molecule has 0 aromatic heterocycles. The summed E-state index contributed by atoms with van der Waals surface area (Å²) in [5.41, 5.74) is 1.93. The Hall–Kier alpha value is -1.99. The molecule has 7 heteroatoms. The minimum absolute atomic E-state index is 0.198. The van der Waals surface area contributed by atoms with Gasteiger partial charge in [0.2, 0.25) is 5.91 Å². The molecular weight excluding hydrogens is 462 g/mol. The first-order chi connectivity index (χ1) is 14.5. The molecule has 2 aromatic rings. The molecule has 2 N–H and O–H groups in total. The Labute approximate surface area is 191 Å². The van der Waals surface area contributed by atoms with Crippen molar-refractivity contribution >= 4 is 45.3 Å². The number of carbonyl (C=O) groups is 2. The maximum absolute atomic E-state index is 12.6. The van der Waals surface area contributed by atoms with Crippen LogP contribution in [0.5, 0.6) is 0 Å². The average molecular weight is 490 g/mol. The molecule has 0 saturated carbocycles. The molecule has 160 valence electrons. The van der Waals surface area contributed by atoms with E-state index in [4.69, 9.17) is 0 Å². The molecule has 3 rings (SSSR count). The molecule has 1 fully saturated rings. The summed E-state index contributed by atoms with van der Waals surface area (Å²) >= 11 is 5.24. The van der Waals surface area contributed by atoms with Crippen molar-refractivity contribution in [3.8, 4) is 0 Å². The molecule has 1 atom stereocenters. The van der Waals surface area contributed by atoms with Gasteiger partial charge in [0, 0.05) is 46.9 Å². The molecule has 1 aliphatic heterocycles. The Bertz CT molecular complexity index is 860. The van der Waals surface area contributed by atoms with Crippen LogP contribution in [-0.2, 0) is 4.79 Å². The van der Waals surface area contributed by atoms with Gasteiger partial charge in [0.1, 0.15) is 0 Å². The number of hydrogen-bond donors (Lipinski definition) is 2. The summed E-state index contributed by atoms with van der Waals surface area (Å²) in [6, 6.07) is 15.6. The van der Waals surface area contributed by atoms with Crippen molar-refractivity contribution < 1.29 is 9.59 Å². The lowest BCUT2D eigenvalue weighted by Crippen LogP contribution is -2.44. The lowest BCUT2D eigenvalue weighted by Gasteiger charge is -2.33. The van der Waals surface area contributed by atoms with Gasteiger partial charge in [0.25, 0.3) is 0 Å². The van der Waals surface area contributed by atoms with E-state index in [-0.39, 0.29) is 11.9 Å². The number of amides is 3. The molecule has 0 radical (unpaired) electrons. The van der Waals surface area contributed by atoms with Crippen LogP contribution in [0.4, 0.5) is 10.5 Å². The van der Waals surface area contributed by atoms with Crippen LogP contribution < -0.4 is 10.6 Å². The van der Waals surface area contributed by atoms with Crippen molar-refractivity contribution in [1.29, 1.82) is 0 Å². The van der Waals surface area contributed by atoms with E-state index < -0.39 is 0 Å². The van der Waals surface area contributed by atoms with Gasteiger partial charge in [-0.15, -0.1) is 11.8 Å². The number of halogens is 1. The largest absolute Gasteiger partial charge is 0.342 e. The second-order valence-corrected chi connectivity index (χ2v) is 9.57. The third-order valence-electron chi connectivity index (χ3n) is 5.14. The zero-order valence-corrected chi connectivity index (χ0v) is 19.6. The summed E-state index contributed by atoms with van der Waals surface area (Å²) in [5.74, 6) is 1.26. The van der Waals surface area contributed by atoms with Crippen LogP contribution >= 0.6 is 27.7 Å². The smallest absolute Gasteiger partial charge is 0.319 e. The topological polar surface area (TPSA) is 61.4 Å². The van der Waals surface area contributed by atoms with Crippen LogP contribution in [-0.4, -0.2) is 42.2 Å². The number of thioether (sulfide) groups is 1. The molecule has 0 aliphatic carbocycles. The lowest BCUT2D eigenvalue weighted by atomic mass is 9.98. The molecule has 1 saturated heterocycles. The molecule has 5 nitrogen and oxygen atoms in total. The summed E-state index contributed by atoms with van der Waals surface area (Å²) in [6.07, 6.45) is 2.54. The van der Waals surface area contributed by atoms with Crippen LogP contribution in [0.3, 0.4) is 0 Å². The van der Waals surface area contributed by atoms with Crippen LogP contribution in [0.15, 0.2) is 57.9 Å². The monoisotopic (exact) mass is 489 g/mol. The first-order valence-corrected chi connectivity index (χ1v) is 12.1. The highest BCUT2D eigenvalue weighted by Crippen LogP contribution is 2.27. The number of carbonyl (C=O) groups excluding carboxylic acids is 2. The number of urea groups is 1. The minimum atomic E-state index is -0.202. The zero-order chi connectivity index (χ0) is 21.3. The van der Waals surface area contributed by atoms with Gasteiger partial charge in [-0.1, -0.05) is 29.8 Å². The number of hydrogen-bond acceptors (Lipinski definition) is 3. The van der Waals surface area contributed by atoms with Gasteiger partial charge in [0.05, 0.1) is 0 Å². The summed E-state index contributed by atoms with van der Waals surface area (Å²) in [4.78, 5) is 27.9. The number of likely N-dealkylation sites (tertiary alicyclic amines) is 1. The maximum atomic E-state index is 12.6. The normalized spacial score (nSPS) is 16.2. The number of aryl methyl sites for hydroxylation is 1. The molecule has 30 heavy (non-hydrogen) atoms. The lowest BCUT2D eigenvalue weighted by molar-refractivity contribution is -0.132. The van der Waals surface area contributed by atoms with E-state index in [2.05, 4.69) is 32.6 Å². The van der Waals surface area contributed by atoms with Gasteiger partial charge in [-0.2, -0.15) is 0 Å². The van der Waals surface area contributed by atoms with Crippen molar-refractivity contribution in [1.82, 2.24) is 10.2 Å². The van der Waals surface area contributed by atoms with Crippen LogP contribution in [0.25, 0.3) is 0 Å². The highest BCUT2D eigenvalue weighted by atomic mass is 79.9. The Balaban J connectivity index is 1.38. The maximum Gasteiger partial charge on any atom is 0.319 e. The van der Waals surface area contributed by atoms with E-state index in [1.165, 1.54) is 0 Å². The van der Waals surface area contributed by atoms with Gasteiger partial charge in [-0.3, -0.25) is 4.79 Å². The number of anilines is 1. The second-order valence-electron chi connectivity index (χ2n) is 7.58. The Morgan fingerprint density at radius 3 is 2.70 bits per heavy atom. The second kappa shape index (κ2) is 11.4. The van der Waals surface area contributed by atoms with Gasteiger partial charge in [0.15, 0.2) is 0 Å². The molecule has 0 spiro atoms. The van der Waals surface area contributed by atoms with Crippen molar-refractivity contribution in [3.05, 3.63) is 58.6 Å². The molecule has 1 unspecified atom stereocenters. The fourth-order valence-corrected chi connectivity index (χ4v) is 4.98. The fraction of sp³-hybridized carbons (Fsp3) is 0.391. The Morgan fingerprint density at radius 2 is 1.93 bits per heavy atom. The van der Waals surface area contributed by atoms with Crippen molar-refractivity contribution in [3.63, 3.8) is 0 Å². The van der Waals surface area contributed by atoms with E-state index in [0.717, 1.165) is 45.8 Å². The van der Waals surface area contributed by atoms with E-state index in [9.17, 15) is 9.59 Å². The SMILES string of the molecule is Cc1ccc(NC(=O)NCC2CCCN(C(=O)CCSc3ccccc3Br)C2)cc1. The van der Waals surface area contributed by atoms with Gasteiger partial charge >= 0.3 is 6.03 Å². The Kier molecular flexibility index (Phi) is 8.63. The van der Waals surface area contributed by atoms with E-state index in [1.54, 1.807) is 11.8 Å². The predicted molar refractivity (Wildman–Crippen MR) is 127 cm³/mol. The molecule has 2 aromatic carbocycles. The van der Waals surface area contributed by atoms with Gasteiger partial charge in [-0.05, 0) is 65.9 Å². The van der Waals surface area contributed by atoms with Crippen molar-refractivity contribution in [2.45, 2.75) is 31.1 Å². The third-order valence-corrected chi connectivity index (χ3v) is 7.17. The third kappa shape index (κ3) is 7.06. The highest BCUT2D eigenvalue weighted by Gasteiger charge is 2.23. The predicted octanol–water partition coefficient (Wildman–Crippen LogP) is 5.30. The van der Waals surface area contributed by atoms with E-state index >= 15 is 0 Å². The standard InChI is InChI=1S/C23H28BrN3O2S/c1-17-8-10-19(11-9-17)26-23(29)25-15-18-5-4-13-27(16-18)22(28)12-14-30-21-7-3-2-6-20(21)24/h2-3,6-11,18H,4-5,12-16H2,1H3,(H2,25,26,29). The fourth-order valence-electron chi connectivity index (χ4n) is 3.48. The van der Waals surface area contributed by atoms with Crippen LogP contribution in [0.2, 0.25) is 0 Å². The van der Waals surface area contributed by atoms with Crippen molar-refractivity contribution in [2.75, 3.05) is 30.7 Å². The Morgan fingerprint density at radius 1 is 1.17 bits per heavy atom. The number of nitrogens with one attached hydrogen (secondary N) is 2. The van der Waals surface area contributed by atoms with Gasteiger partial charge in [-0.25, -0.2) is 4.79 Å². The zero-order valence-electron chi connectivity index (χ0n) is 17.2. The molecule has 3 amide bonds. The number of nitrogens with zero attached hydrogens (tertiary/aromatic N) is 1. The number of piperidine rings is 1. The highest BCUT2D eigenvalue weighted by molar-refractivity contribution is 9.10. The minimum Gasteiger partial charge on any atom is -0.342 e. The quantitative estimate of drug-likeness (QED) is 0.518. The molecular formula is C23H28BrN3O2S. The molecule has 1 heterocycles. The number of rotatable bonds is 7. The van der Waals surface area contributed by atoms with E-state index in [1.807, 2.05) is 54.3 Å². The average Bonchev–Trinajstić information content (AvgIpc) is 2.75. The van der Waals surface area contributed by atoms with Gasteiger partial charge < -0.3 is 15.5 Å². The summed E-state index contributed by atoms with van der Waals surface area (Å²) in [7, 11) is 0. The first-order valence-electron chi connectivity index (χ1n) is 10.3.